The van der Waals surface area contributed by atoms with Gasteiger partial charge in [-0.3, -0.25) is 4.31 Å². The zero-order valence-electron chi connectivity index (χ0n) is 18.0. The first-order valence-corrected chi connectivity index (χ1v) is 12.8. The fourth-order valence-corrected chi connectivity index (χ4v) is 5.45. The van der Waals surface area contributed by atoms with Crippen LogP contribution in [-0.2, 0) is 16.4 Å². The van der Waals surface area contributed by atoms with Crippen molar-refractivity contribution < 1.29 is 18.3 Å². The van der Waals surface area contributed by atoms with Crippen LogP contribution in [0.4, 0.5) is 5.69 Å². The molecule has 0 amide bonds. The van der Waals surface area contributed by atoms with Crippen molar-refractivity contribution >= 4 is 15.7 Å². The molecule has 1 fully saturated rings. The summed E-state index contributed by atoms with van der Waals surface area (Å²) in [5.74, 6) is 1.17. The minimum atomic E-state index is -3.27. The minimum absolute atomic E-state index is 0.501. The highest BCUT2D eigenvalue weighted by Crippen LogP contribution is 2.32. The molecule has 4 rings (SSSR count). The smallest absolute Gasteiger partial charge is 0.232 e. The Kier molecular flexibility index (Phi) is 6.79. The zero-order valence-corrected chi connectivity index (χ0v) is 18.8. The molecule has 1 saturated heterocycles. The van der Waals surface area contributed by atoms with E-state index in [0.29, 0.717) is 31.5 Å². The summed E-state index contributed by atoms with van der Waals surface area (Å²) in [6.45, 7) is 3.64. The lowest BCUT2D eigenvalue weighted by Gasteiger charge is -2.33. The molecule has 0 aliphatic carbocycles. The molecule has 8 heteroatoms. The quantitative estimate of drug-likeness (QED) is 0.706. The highest BCUT2D eigenvalue weighted by Gasteiger charge is 2.26. The fourth-order valence-electron chi connectivity index (χ4n) is 4.46. The highest BCUT2D eigenvalue weighted by molar-refractivity contribution is 7.92. The number of aliphatic hydroxyl groups excluding tert-OH is 1. The van der Waals surface area contributed by atoms with E-state index < -0.39 is 16.1 Å². The largest absolute Gasteiger partial charge is 0.477 e. The molecule has 0 spiro atoms. The van der Waals surface area contributed by atoms with Gasteiger partial charge in [-0.25, -0.2) is 13.4 Å². The first-order chi connectivity index (χ1) is 14.9. The Balaban J connectivity index is 1.30. The van der Waals surface area contributed by atoms with Gasteiger partial charge in [0.2, 0.25) is 15.9 Å². The number of pyridine rings is 1. The molecule has 0 unspecified atom stereocenters. The van der Waals surface area contributed by atoms with Crippen molar-refractivity contribution in [2.75, 3.05) is 43.3 Å². The van der Waals surface area contributed by atoms with Gasteiger partial charge in [-0.05, 0) is 68.0 Å². The maximum absolute atomic E-state index is 12.0. The van der Waals surface area contributed by atoms with Gasteiger partial charge in [0.15, 0.2) is 0 Å². The SMILES string of the molecule is CS(=O)(=O)N1CCCc2cc([C@H](O)CN3CCC(COc4ccccn4)CC3)ccc21. The molecule has 2 aromatic rings. The van der Waals surface area contributed by atoms with E-state index in [4.69, 9.17) is 4.74 Å². The van der Waals surface area contributed by atoms with Gasteiger partial charge in [-0.2, -0.15) is 0 Å². The van der Waals surface area contributed by atoms with E-state index in [2.05, 4.69) is 9.88 Å². The molecular weight excluding hydrogens is 414 g/mol. The number of aliphatic hydroxyl groups is 1. The molecule has 2 aliphatic heterocycles. The second-order valence-electron chi connectivity index (χ2n) is 8.57. The lowest BCUT2D eigenvalue weighted by Crippen LogP contribution is -2.38. The second-order valence-corrected chi connectivity index (χ2v) is 10.5. The van der Waals surface area contributed by atoms with Crippen molar-refractivity contribution in [1.29, 1.82) is 0 Å². The Labute approximate surface area is 184 Å². The van der Waals surface area contributed by atoms with E-state index in [0.717, 1.165) is 55.6 Å². The summed E-state index contributed by atoms with van der Waals surface area (Å²) in [6.07, 6.45) is 6.10. The number of β-amino-alcohol motifs (C(OH)–C–C–N with tert-alkyl or cyclic N) is 1. The summed E-state index contributed by atoms with van der Waals surface area (Å²) >= 11 is 0. The number of fused-ring (bicyclic) bond motifs is 1. The Morgan fingerprint density at radius 2 is 2.00 bits per heavy atom. The molecule has 31 heavy (non-hydrogen) atoms. The van der Waals surface area contributed by atoms with Crippen LogP contribution >= 0.6 is 0 Å². The zero-order chi connectivity index (χ0) is 21.8. The average Bonchev–Trinajstić information content (AvgIpc) is 2.78. The number of aromatic nitrogens is 1. The van der Waals surface area contributed by atoms with Crippen LogP contribution in [0, 0.1) is 5.92 Å². The molecule has 1 aromatic heterocycles. The third-order valence-corrected chi connectivity index (χ3v) is 7.39. The third-order valence-electron chi connectivity index (χ3n) is 6.21. The van der Waals surface area contributed by atoms with Crippen molar-refractivity contribution in [3.63, 3.8) is 0 Å². The van der Waals surface area contributed by atoms with Crippen LogP contribution in [0.1, 0.15) is 36.5 Å². The fraction of sp³-hybridized carbons (Fsp3) is 0.522. The number of sulfonamides is 1. The number of anilines is 1. The van der Waals surface area contributed by atoms with E-state index in [1.165, 1.54) is 10.6 Å². The summed E-state index contributed by atoms with van der Waals surface area (Å²) in [4.78, 5) is 6.49. The van der Waals surface area contributed by atoms with Crippen molar-refractivity contribution in [1.82, 2.24) is 9.88 Å². The van der Waals surface area contributed by atoms with Gasteiger partial charge in [0.05, 0.1) is 24.7 Å². The number of hydrogen-bond donors (Lipinski definition) is 1. The van der Waals surface area contributed by atoms with Gasteiger partial charge in [-0.15, -0.1) is 0 Å². The molecule has 168 valence electrons. The van der Waals surface area contributed by atoms with E-state index in [1.807, 2.05) is 36.4 Å². The van der Waals surface area contributed by atoms with Crippen molar-refractivity contribution in [2.45, 2.75) is 31.8 Å². The molecule has 1 atom stereocenters. The van der Waals surface area contributed by atoms with Gasteiger partial charge in [0.25, 0.3) is 0 Å². The topological polar surface area (TPSA) is 83.0 Å². The third kappa shape index (κ3) is 5.56. The number of piperidine rings is 1. The predicted octanol–water partition coefficient (Wildman–Crippen LogP) is 2.62. The van der Waals surface area contributed by atoms with Crippen LogP contribution in [0.5, 0.6) is 5.88 Å². The van der Waals surface area contributed by atoms with E-state index >= 15 is 0 Å². The second kappa shape index (κ2) is 9.54. The molecule has 7 nitrogen and oxygen atoms in total. The summed E-state index contributed by atoms with van der Waals surface area (Å²) in [5, 5.41) is 10.8. The molecular formula is C23H31N3O4S. The van der Waals surface area contributed by atoms with Crippen LogP contribution in [-0.4, -0.2) is 62.4 Å². The van der Waals surface area contributed by atoms with Crippen molar-refractivity contribution in [3.05, 3.63) is 53.7 Å². The Bertz CT molecular complexity index is 976. The van der Waals surface area contributed by atoms with Crippen molar-refractivity contribution in [3.8, 4) is 5.88 Å². The Morgan fingerprint density at radius 1 is 1.19 bits per heavy atom. The van der Waals surface area contributed by atoms with Crippen molar-refractivity contribution in [2.24, 2.45) is 5.92 Å². The van der Waals surface area contributed by atoms with Crippen LogP contribution in [0.2, 0.25) is 0 Å². The van der Waals surface area contributed by atoms with Crippen LogP contribution in [0.25, 0.3) is 0 Å². The van der Waals surface area contributed by atoms with Crippen LogP contribution in [0.15, 0.2) is 42.6 Å². The maximum Gasteiger partial charge on any atom is 0.232 e. The highest BCUT2D eigenvalue weighted by atomic mass is 32.2. The van der Waals surface area contributed by atoms with Gasteiger partial charge < -0.3 is 14.7 Å². The molecule has 3 heterocycles. The van der Waals surface area contributed by atoms with Crippen LogP contribution < -0.4 is 9.04 Å². The monoisotopic (exact) mass is 445 g/mol. The molecule has 2 aliphatic rings. The normalized spacial score (nSPS) is 19.1. The van der Waals surface area contributed by atoms with E-state index in [1.54, 1.807) is 6.20 Å². The molecule has 1 aromatic carbocycles. The Morgan fingerprint density at radius 3 is 2.71 bits per heavy atom. The summed E-state index contributed by atoms with van der Waals surface area (Å²) in [6, 6.07) is 11.4. The first kappa shape index (κ1) is 22.0. The molecule has 0 bridgehead atoms. The van der Waals surface area contributed by atoms with Gasteiger partial charge in [-0.1, -0.05) is 18.2 Å². The lowest BCUT2D eigenvalue weighted by atomic mass is 9.96. The standard InChI is InChI=1S/C23H31N3O4S/c1-31(28,29)26-12-4-5-19-15-20(7-8-21(19)26)22(27)16-25-13-9-18(10-14-25)17-30-23-6-2-3-11-24-23/h2-3,6-8,11,15,18,22,27H,4-5,9-10,12-14,16-17H2,1H3/t22-/m1/s1. The molecule has 1 N–H and O–H groups in total. The number of rotatable bonds is 7. The molecule has 0 radical (unpaired) electrons. The van der Waals surface area contributed by atoms with Gasteiger partial charge >= 0.3 is 0 Å². The number of likely N-dealkylation sites (tertiary alicyclic amines) is 1. The lowest BCUT2D eigenvalue weighted by molar-refractivity contribution is 0.0787. The van der Waals surface area contributed by atoms with Gasteiger partial charge in [0.1, 0.15) is 0 Å². The van der Waals surface area contributed by atoms with E-state index in [-0.39, 0.29) is 0 Å². The number of nitrogens with zero attached hydrogens (tertiary/aromatic N) is 3. The summed E-state index contributed by atoms with van der Waals surface area (Å²) in [5.41, 5.74) is 2.60. The average molecular weight is 446 g/mol. The maximum atomic E-state index is 12.0. The number of ether oxygens (including phenoxy) is 1. The number of aryl methyl sites for hydroxylation is 1. The predicted molar refractivity (Wildman–Crippen MR) is 121 cm³/mol. The van der Waals surface area contributed by atoms with Gasteiger partial charge in [0, 0.05) is 25.4 Å². The number of hydrogen-bond acceptors (Lipinski definition) is 6. The summed E-state index contributed by atoms with van der Waals surface area (Å²) in [7, 11) is -3.27. The first-order valence-electron chi connectivity index (χ1n) is 10.9. The summed E-state index contributed by atoms with van der Waals surface area (Å²) < 4.78 is 31.3. The molecule has 0 saturated carbocycles. The van der Waals surface area contributed by atoms with E-state index in [9.17, 15) is 13.5 Å². The van der Waals surface area contributed by atoms with Crippen LogP contribution in [0.3, 0.4) is 0 Å². The number of benzene rings is 1. The Hall–Kier alpha value is -2.16. The minimum Gasteiger partial charge on any atom is -0.477 e.